The Hall–Kier alpha value is -1.91. The maximum absolute atomic E-state index is 12.7. The molecule has 9 nitrogen and oxygen atoms in total. The second-order valence-corrected chi connectivity index (χ2v) is 7.94. The molecule has 140 valence electrons. The maximum Gasteiger partial charge on any atom is 0.265 e. The summed E-state index contributed by atoms with van der Waals surface area (Å²) in [4.78, 5) is 23.4. The third-order valence-corrected chi connectivity index (χ3v) is 6.16. The number of methoxy groups -OCH3 is 1. The van der Waals surface area contributed by atoms with Crippen LogP contribution in [-0.4, -0.2) is 62.5 Å². The molecule has 1 aliphatic heterocycles. The summed E-state index contributed by atoms with van der Waals surface area (Å²) in [6.07, 6.45) is 2.28. The van der Waals surface area contributed by atoms with Crippen molar-refractivity contribution < 1.29 is 22.7 Å². The van der Waals surface area contributed by atoms with E-state index in [1.165, 1.54) is 21.1 Å². The lowest BCUT2D eigenvalue weighted by molar-refractivity contribution is -0.126. The summed E-state index contributed by atoms with van der Waals surface area (Å²) in [5.74, 6) is -0.972. The fourth-order valence-electron chi connectivity index (χ4n) is 2.85. The van der Waals surface area contributed by atoms with E-state index in [0.717, 1.165) is 0 Å². The minimum Gasteiger partial charge on any atom is -0.383 e. The normalized spacial score (nSPS) is 16.7. The highest BCUT2D eigenvalue weighted by molar-refractivity contribution is 7.89. The molecule has 2 heterocycles. The molecule has 25 heavy (non-hydrogen) atoms. The van der Waals surface area contributed by atoms with Crippen LogP contribution in [0.5, 0.6) is 0 Å². The Morgan fingerprint density at radius 2 is 2.00 bits per heavy atom. The van der Waals surface area contributed by atoms with Crippen molar-refractivity contribution in [3.8, 4) is 0 Å². The Morgan fingerprint density at radius 1 is 1.36 bits per heavy atom. The second-order valence-electron chi connectivity index (χ2n) is 6.00. The number of carbonyl (C=O) groups excluding carboxylic acids is 2. The molecule has 0 aliphatic carbocycles. The number of rotatable bonds is 7. The van der Waals surface area contributed by atoms with Gasteiger partial charge in [0.1, 0.15) is 10.6 Å². The van der Waals surface area contributed by atoms with Gasteiger partial charge in [0.25, 0.3) is 5.91 Å². The van der Waals surface area contributed by atoms with E-state index in [0.29, 0.717) is 26.0 Å². The van der Waals surface area contributed by atoms with Crippen LogP contribution in [0.2, 0.25) is 0 Å². The average molecular weight is 372 g/mol. The van der Waals surface area contributed by atoms with Crippen molar-refractivity contribution >= 4 is 21.8 Å². The van der Waals surface area contributed by atoms with E-state index in [1.807, 2.05) is 0 Å². The zero-order valence-electron chi connectivity index (χ0n) is 14.4. The van der Waals surface area contributed by atoms with Crippen molar-refractivity contribution in [3.05, 3.63) is 18.0 Å². The molecule has 10 heteroatoms. The van der Waals surface area contributed by atoms with Gasteiger partial charge < -0.3 is 20.4 Å². The zero-order valence-corrected chi connectivity index (χ0v) is 15.2. The van der Waals surface area contributed by atoms with Crippen molar-refractivity contribution in [1.82, 2.24) is 14.2 Å². The van der Waals surface area contributed by atoms with E-state index in [2.05, 4.69) is 5.32 Å². The number of nitrogens with one attached hydrogen (secondary N) is 1. The number of piperidine rings is 1. The van der Waals surface area contributed by atoms with Crippen LogP contribution in [0.25, 0.3) is 0 Å². The number of hydrogen-bond acceptors (Lipinski definition) is 5. The molecule has 0 saturated carbocycles. The highest BCUT2D eigenvalue weighted by atomic mass is 32.2. The molecule has 0 atom stereocenters. The molecular weight excluding hydrogens is 348 g/mol. The number of aryl methyl sites for hydroxylation is 1. The van der Waals surface area contributed by atoms with Crippen LogP contribution in [0.3, 0.4) is 0 Å². The molecule has 3 N–H and O–H groups in total. The first kappa shape index (κ1) is 19.4. The molecule has 0 radical (unpaired) electrons. The third-order valence-electron chi connectivity index (χ3n) is 4.30. The summed E-state index contributed by atoms with van der Waals surface area (Å²) in [6.45, 7) is 1.39. The Morgan fingerprint density at radius 3 is 2.52 bits per heavy atom. The van der Waals surface area contributed by atoms with Gasteiger partial charge in [-0.3, -0.25) is 9.59 Å². The predicted molar refractivity (Wildman–Crippen MR) is 90.3 cm³/mol. The highest BCUT2D eigenvalue weighted by Crippen LogP contribution is 2.25. The third kappa shape index (κ3) is 4.39. The summed E-state index contributed by atoms with van der Waals surface area (Å²) >= 11 is 0. The summed E-state index contributed by atoms with van der Waals surface area (Å²) in [5, 5.41) is 2.78. The molecule has 2 amide bonds. The van der Waals surface area contributed by atoms with Gasteiger partial charge in [-0.05, 0) is 18.9 Å². The van der Waals surface area contributed by atoms with Crippen molar-refractivity contribution in [2.75, 3.05) is 33.4 Å². The standard InChI is InChI=1S/C15H24N4O5S/c1-18-10-12(9-13(18)14(16)20)25(22,23)19-6-3-11(4-7-19)15(21)17-5-8-24-2/h9-11H,3-8H2,1-2H3,(H2,16,20)(H,17,21). The van der Waals surface area contributed by atoms with Gasteiger partial charge in [-0.15, -0.1) is 0 Å². The Kier molecular flexibility index (Phi) is 6.20. The van der Waals surface area contributed by atoms with E-state index in [4.69, 9.17) is 10.5 Å². The van der Waals surface area contributed by atoms with Crippen molar-refractivity contribution in [2.24, 2.45) is 18.7 Å². The fourth-order valence-corrected chi connectivity index (χ4v) is 4.39. The number of carbonyl (C=O) groups is 2. The lowest BCUT2D eigenvalue weighted by atomic mass is 9.97. The lowest BCUT2D eigenvalue weighted by Gasteiger charge is -2.30. The summed E-state index contributed by atoms with van der Waals surface area (Å²) < 4.78 is 33.0. The number of sulfonamides is 1. The molecule has 1 aromatic rings. The molecule has 1 aromatic heterocycles. The van der Waals surface area contributed by atoms with Gasteiger partial charge in [-0.1, -0.05) is 0 Å². The first-order valence-electron chi connectivity index (χ1n) is 8.00. The molecule has 0 aromatic carbocycles. The number of aromatic nitrogens is 1. The van der Waals surface area contributed by atoms with Gasteiger partial charge in [-0.25, -0.2) is 8.42 Å². The van der Waals surface area contributed by atoms with Crippen LogP contribution in [0.15, 0.2) is 17.2 Å². The minimum atomic E-state index is -3.71. The zero-order chi connectivity index (χ0) is 18.6. The van der Waals surface area contributed by atoms with Crippen molar-refractivity contribution in [2.45, 2.75) is 17.7 Å². The number of nitrogens with two attached hydrogens (primary N) is 1. The van der Waals surface area contributed by atoms with Gasteiger partial charge >= 0.3 is 0 Å². The van der Waals surface area contributed by atoms with Gasteiger partial charge in [0.05, 0.1) is 6.61 Å². The molecule has 1 aliphatic rings. The smallest absolute Gasteiger partial charge is 0.265 e. The van der Waals surface area contributed by atoms with E-state index < -0.39 is 15.9 Å². The van der Waals surface area contributed by atoms with Crippen LogP contribution < -0.4 is 11.1 Å². The van der Waals surface area contributed by atoms with E-state index in [-0.39, 0.29) is 35.5 Å². The van der Waals surface area contributed by atoms with Crippen LogP contribution >= 0.6 is 0 Å². The molecule has 0 bridgehead atoms. The topological polar surface area (TPSA) is 124 Å². The Balaban J connectivity index is 2.00. The van der Waals surface area contributed by atoms with Crippen molar-refractivity contribution in [1.29, 1.82) is 0 Å². The van der Waals surface area contributed by atoms with E-state index in [9.17, 15) is 18.0 Å². The monoisotopic (exact) mass is 372 g/mol. The predicted octanol–water partition coefficient (Wildman–Crippen LogP) is -0.713. The van der Waals surface area contributed by atoms with Crippen LogP contribution in [0.4, 0.5) is 0 Å². The number of primary amides is 1. The maximum atomic E-state index is 12.7. The summed E-state index contributed by atoms with van der Waals surface area (Å²) in [5.41, 5.74) is 5.36. The van der Waals surface area contributed by atoms with Crippen molar-refractivity contribution in [3.63, 3.8) is 0 Å². The molecule has 1 fully saturated rings. The largest absolute Gasteiger partial charge is 0.383 e. The molecule has 0 spiro atoms. The number of ether oxygens (including phenoxy) is 1. The van der Waals surface area contributed by atoms with E-state index in [1.54, 1.807) is 14.2 Å². The van der Waals surface area contributed by atoms with E-state index >= 15 is 0 Å². The number of nitrogens with zero attached hydrogens (tertiary/aromatic N) is 2. The first-order valence-corrected chi connectivity index (χ1v) is 9.44. The average Bonchev–Trinajstić information content (AvgIpc) is 2.98. The Bertz CT molecular complexity index is 735. The van der Waals surface area contributed by atoms with Crippen LogP contribution in [0.1, 0.15) is 23.3 Å². The summed E-state index contributed by atoms with van der Waals surface area (Å²) in [6, 6.07) is 1.28. The first-order chi connectivity index (χ1) is 11.8. The van der Waals surface area contributed by atoms with Gasteiger partial charge in [0, 0.05) is 45.9 Å². The molecular formula is C15H24N4O5S. The number of amides is 2. The van der Waals surface area contributed by atoms with Crippen LogP contribution in [0, 0.1) is 5.92 Å². The minimum absolute atomic E-state index is 0.0341. The molecule has 0 unspecified atom stereocenters. The summed E-state index contributed by atoms with van der Waals surface area (Å²) in [7, 11) is -0.591. The van der Waals surface area contributed by atoms with Gasteiger partial charge in [-0.2, -0.15) is 4.31 Å². The van der Waals surface area contributed by atoms with Crippen LogP contribution in [-0.2, 0) is 26.6 Å². The molecule has 2 rings (SSSR count). The fraction of sp³-hybridized carbons (Fsp3) is 0.600. The lowest BCUT2D eigenvalue weighted by Crippen LogP contribution is -2.43. The van der Waals surface area contributed by atoms with Gasteiger partial charge in [0.15, 0.2) is 0 Å². The number of hydrogen-bond donors (Lipinski definition) is 2. The SMILES string of the molecule is COCCNC(=O)C1CCN(S(=O)(=O)c2cc(C(N)=O)n(C)c2)CC1. The second kappa shape index (κ2) is 7.98. The molecule has 1 saturated heterocycles. The quantitative estimate of drug-likeness (QED) is 0.612. The van der Waals surface area contributed by atoms with Gasteiger partial charge in [0.2, 0.25) is 15.9 Å². The highest BCUT2D eigenvalue weighted by Gasteiger charge is 2.33. The Labute approximate surface area is 147 Å².